The van der Waals surface area contributed by atoms with Crippen molar-refractivity contribution in [2.75, 3.05) is 0 Å². The number of aryl methyl sites for hydroxylation is 1. The van der Waals surface area contributed by atoms with Crippen molar-refractivity contribution >= 4 is 5.91 Å². The van der Waals surface area contributed by atoms with Gasteiger partial charge in [0.15, 0.2) is 0 Å². The largest absolute Gasteiger partial charge is 0.353 e. The molecule has 0 spiro atoms. The molecule has 0 saturated carbocycles. The Labute approximate surface area is 96.1 Å². The monoisotopic (exact) mass is 215 g/mol. The van der Waals surface area contributed by atoms with Crippen molar-refractivity contribution in [2.45, 2.75) is 38.1 Å². The second-order valence-corrected chi connectivity index (χ2v) is 4.98. The Bertz CT molecular complexity index is 413. The Hall–Kier alpha value is -1.31. The molecule has 1 aromatic carbocycles. The molecule has 1 N–H and O–H groups in total. The number of amides is 1. The van der Waals surface area contributed by atoms with Crippen molar-refractivity contribution in [3.05, 3.63) is 35.4 Å². The average molecular weight is 215 g/mol. The topological polar surface area (TPSA) is 29.1 Å². The summed E-state index contributed by atoms with van der Waals surface area (Å²) in [6.45, 7) is 0. The van der Waals surface area contributed by atoms with Crippen molar-refractivity contribution in [3.63, 3.8) is 0 Å². The van der Waals surface area contributed by atoms with Crippen LogP contribution in [-0.4, -0.2) is 11.9 Å². The summed E-state index contributed by atoms with van der Waals surface area (Å²) in [5.74, 6) is 0.894. The van der Waals surface area contributed by atoms with Crippen molar-refractivity contribution in [1.82, 2.24) is 5.32 Å². The van der Waals surface area contributed by atoms with Gasteiger partial charge >= 0.3 is 0 Å². The Balaban J connectivity index is 1.75. The molecule has 2 heteroatoms. The normalized spacial score (nSPS) is 28.6. The number of carbonyl (C=O) groups excluding carboxylic acids is 1. The average Bonchev–Trinajstić information content (AvgIpc) is 2.75. The minimum absolute atomic E-state index is 0.240. The molecule has 2 nitrogen and oxygen atoms in total. The van der Waals surface area contributed by atoms with Crippen LogP contribution in [0.5, 0.6) is 0 Å². The second-order valence-electron chi connectivity index (χ2n) is 4.98. The van der Waals surface area contributed by atoms with Crippen LogP contribution < -0.4 is 5.32 Å². The van der Waals surface area contributed by atoms with Gasteiger partial charge in [-0.3, -0.25) is 4.79 Å². The van der Waals surface area contributed by atoms with Crippen molar-refractivity contribution in [3.8, 4) is 0 Å². The summed E-state index contributed by atoms with van der Waals surface area (Å²) >= 11 is 0. The van der Waals surface area contributed by atoms with Crippen LogP contribution in [0.25, 0.3) is 0 Å². The number of carbonyl (C=O) groups is 1. The molecule has 1 heterocycles. The third-order valence-corrected chi connectivity index (χ3v) is 3.98. The summed E-state index contributed by atoms with van der Waals surface area (Å²) in [6.07, 6.45) is 5.30. The fourth-order valence-corrected chi connectivity index (χ4v) is 3.06. The quantitative estimate of drug-likeness (QED) is 0.763. The Morgan fingerprint density at radius 2 is 1.88 bits per heavy atom. The first-order valence-electron chi connectivity index (χ1n) is 6.19. The highest BCUT2D eigenvalue weighted by molar-refractivity contribution is 5.78. The highest BCUT2D eigenvalue weighted by Gasteiger charge is 2.30. The van der Waals surface area contributed by atoms with E-state index < -0.39 is 0 Å². The van der Waals surface area contributed by atoms with E-state index >= 15 is 0 Å². The molecule has 1 aliphatic heterocycles. The third kappa shape index (κ3) is 1.73. The number of hydrogen-bond acceptors (Lipinski definition) is 1. The minimum Gasteiger partial charge on any atom is -0.353 e. The maximum Gasteiger partial charge on any atom is 0.220 e. The van der Waals surface area contributed by atoms with Gasteiger partial charge < -0.3 is 5.32 Å². The predicted octanol–water partition coefficient (Wildman–Crippen LogP) is 2.07. The molecule has 2 aliphatic rings. The molecule has 3 rings (SSSR count). The van der Waals surface area contributed by atoms with Gasteiger partial charge in [0.1, 0.15) is 0 Å². The van der Waals surface area contributed by atoms with Crippen molar-refractivity contribution in [2.24, 2.45) is 5.92 Å². The lowest BCUT2D eigenvalue weighted by Gasteiger charge is -2.29. The van der Waals surface area contributed by atoms with Crippen LogP contribution in [0.1, 0.15) is 30.4 Å². The minimum atomic E-state index is 0.240. The molecule has 0 bridgehead atoms. The summed E-state index contributed by atoms with van der Waals surface area (Å²) in [5, 5.41) is 3.12. The number of fused-ring (bicyclic) bond motifs is 1. The maximum absolute atomic E-state index is 11.2. The van der Waals surface area contributed by atoms with Crippen molar-refractivity contribution < 1.29 is 4.79 Å². The third-order valence-electron chi connectivity index (χ3n) is 3.98. The van der Waals surface area contributed by atoms with Crippen LogP contribution in [0.4, 0.5) is 0 Å². The molecule has 84 valence electrons. The summed E-state index contributed by atoms with van der Waals surface area (Å²) in [7, 11) is 0. The van der Waals surface area contributed by atoms with E-state index in [4.69, 9.17) is 0 Å². The van der Waals surface area contributed by atoms with Gasteiger partial charge in [0, 0.05) is 12.5 Å². The van der Waals surface area contributed by atoms with E-state index in [9.17, 15) is 4.79 Å². The predicted molar refractivity (Wildman–Crippen MR) is 63.1 cm³/mol. The van der Waals surface area contributed by atoms with Crippen LogP contribution >= 0.6 is 0 Å². The highest BCUT2D eigenvalue weighted by atomic mass is 16.1. The molecule has 16 heavy (non-hydrogen) atoms. The summed E-state index contributed by atoms with van der Waals surface area (Å²) in [4.78, 5) is 11.2. The number of nitrogens with one attached hydrogen (secondary N) is 1. The van der Waals surface area contributed by atoms with E-state index in [-0.39, 0.29) is 5.91 Å². The number of benzene rings is 1. The van der Waals surface area contributed by atoms with E-state index in [1.807, 2.05) is 0 Å². The zero-order chi connectivity index (χ0) is 11.0. The molecule has 0 aromatic heterocycles. The van der Waals surface area contributed by atoms with E-state index in [2.05, 4.69) is 29.6 Å². The van der Waals surface area contributed by atoms with E-state index in [0.29, 0.717) is 12.0 Å². The van der Waals surface area contributed by atoms with Gasteiger partial charge in [0.05, 0.1) is 0 Å². The van der Waals surface area contributed by atoms with Crippen LogP contribution in [0.2, 0.25) is 0 Å². The molecule has 2 atom stereocenters. The van der Waals surface area contributed by atoms with Crippen LogP contribution in [0.15, 0.2) is 24.3 Å². The highest BCUT2D eigenvalue weighted by Crippen LogP contribution is 2.30. The molecular formula is C14H17NO. The molecular weight excluding hydrogens is 198 g/mol. The second kappa shape index (κ2) is 3.93. The first-order chi connectivity index (χ1) is 7.83. The number of rotatable bonds is 1. The summed E-state index contributed by atoms with van der Waals surface area (Å²) in [5.41, 5.74) is 2.99. The van der Waals surface area contributed by atoms with Crippen LogP contribution in [0, 0.1) is 5.92 Å². The summed E-state index contributed by atoms with van der Waals surface area (Å²) in [6, 6.07) is 9.14. The standard InChI is InChI=1S/C14H17NO/c16-14-8-7-13(15-14)12-6-5-10-3-1-2-4-11(10)9-12/h1-4,12-13H,5-9H2,(H,15,16)/t12-,13+/m0/s1. The summed E-state index contributed by atoms with van der Waals surface area (Å²) < 4.78 is 0. The van der Waals surface area contributed by atoms with E-state index in [1.165, 1.54) is 24.0 Å². The van der Waals surface area contributed by atoms with Gasteiger partial charge in [0.2, 0.25) is 5.91 Å². The van der Waals surface area contributed by atoms with E-state index in [1.54, 1.807) is 0 Å². The molecule has 1 saturated heterocycles. The fourth-order valence-electron chi connectivity index (χ4n) is 3.06. The lowest BCUT2D eigenvalue weighted by Crippen LogP contribution is -2.35. The van der Waals surface area contributed by atoms with Gasteiger partial charge in [-0.15, -0.1) is 0 Å². The Morgan fingerprint density at radius 1 is 1.06 bits per heavy atom. The molecule has 1 aliphatic carbocycles. The van der Waals surface area contributed by atoms with Crippen LogP contribution in [0.3, 0.4) is 0 Å². The lowest BCUT2D eigenvalue weighted by atomic mass is 9.80. The molecule has 1 amide bonds. The van der Waals surface area contributed by atoms with Gasteiger partial charge in [-0.1, -0.05) is 24.3 Å². The Kier molecular flexibility index (Phi) is 2.43. The zero-order valence-corrected chi connectivity index (χ0v) is 9.41. The SMILES string of the molecule is O=C1CC[C@H]([C@H]2CCc3ccccc3C2)N1. The van der Waals surface area contributed by atoms with Gasteiger partial charge in [-0.05, 0) is 42.7 Å². The number of hydrogen-bond donors (Lipinski definition) is 1. The first kappa shape index (κ1) is 9.88. The van der Waals surface area contributed by atoms with Crippen molar-refractivity contribution in [1.29, 1.82) is 0 Å². The molecule has 0 unspecified atom stereocenters. The zero-order valence-electron chi connectivity index (χ0n) is 9.41. The van der Waals surface area contributed by atoms with Gasteiger partial charge in [0.25, 0.3) is 0 Å². The Morgan fingerprint density at radius 3 is 2.62 bits per heavy atom. The molecule has 1 fully saturated rings. The molecule has 0 radical (unpaired) electrons. The lowest BCUT2D eigenvalue weighted by molar-refractivity contribution is -0.119. The molecule has 1 aromatic rings. The fraction of sp³-hybridized carbons (Fsp3) is 0.500. The van der Waals surface area contributed by atoms with E-state index in [0.717, 1.165) is 19.3 Å². The first-order valence-corrected chi connectivity index (χ1v) is 6.19. The van der Waals surface area contributed by atoms with Gasteiger partial charge in [-0.25, -0.2) is 0 Å². The van der Waals surface area contributed by atoms with Gasteiger partial charge in [-0.2, -0.15) is 0 Å². The maximum atomic E-state index is 11.2. The smallest absolute Gasteiger partial charge is 0.220 e. The van der Waals surface area contributed by atoms with Crippen LogP contribution in [-0.2, 0) is 17.6 Å².